The van der Waals surface area contributed by atoms with Crippen molar-refractivity contribution in [3.05, 3.63) is 39.4 Å². The molecule has 0 aliphatic heterocycles. The lowest BCUT2D eigenvalue weighted by molar-refractivity contribution is -0.385. The van der Waals surface area contributed by atoms with E-state index in [9.17, 15) is 19.7 Å². The minimum absolute atomic E-state index is 0.0977. The molecule has 1 aromatic rings. The molecule has 0 aliphatic rings. The smallest absolute Gasteiger partial charge is 0.346 e. The minimum atomic E-state index is -1.41. The van der Waals surface area contributed by atoms with E-state index < -0.39 is 33.7 Å². The summed E-state index contributed by atoms with van der Waals surface area (Å²) in [7, 11) is 0. The van der Waals surface area contributed by atoms with Gasteiger partial charge in [0, 0.05) is 6.07 Å². The first-order valence-electron chi connectivity index (χ1n) is 5.66. The number of carboxylic acids is 1. The summed E-state index contributed by atoms with van der Waals surface area (Å²) in [6.45, 7) is 1.99. The van der Waals surface area contributed by atoms with E-state index >= 15 is 0 Å². The van der Waals surface area contributed by atoms with E-state index in [4.69, 9.17) is 9.84 Å². The zero-order valence-electron chi connectivity index (χ0n) is 10.3. The maximum Gasteiger partial charge on any atom is 0.346 e. The van der Waals surface area contributed by atoms with Crippen LogP contribution in [0.15, 0.2) is 18.2 Å². The van der Waals surface area contributed by atoms with Gasteiger partial charge in [-0.1, -0.05) is 19.4 Å². The van der Waals surface area contributed by atoms with E-state index in [0.717, 1.165) is 18.6 Å². The van der Waals surface area contributed by atoms with Gasteiger partial charge in [0.15, 0.2) is 5.56 Å². The summed E-state index contributed by atoms with van der Waals surface area (Å²) in [4.78, 5) is 32.8. The molecular formula is C12H13NO6. The lowest BCUT2D eigenvalue weighted by atomic mass is 10.1. The molecule has 0 aromatic heterocycles. The first-order chi connectivity index (χ1) is 8.99. The number of ether oxygens (including phenoxy) is 1. The number of carboxylic acid groups (broad SMARTS) is 1. The number of hydrogen-bond donors (Lipinski definition) is 1. The molecule has 0 radical (unpaired) electrons. The highest BCUT2D eigenvalue weighted by Gasteiger charge is 2.28. The van der Waals surface area contributed by atoms with Gasteiger partial charge in [-0.05, 0) is 12.5 Å². The molecule has 1 N–H and O–H groups in total. The normalized spacial score (nSPS) is 9.95. The standard InChI is InChI=1S/C12H13NO6/c1-2-3-7-19-12(16)10-8(11(14)15)5-4-6-9(10)13(17)18/h4-6H,2-3,7H2,1H3,(H,14,15). The average molecular weight is 267 g/mol. The van der Waals surface area contributed by atoms with Crippen molar-refractivity contribution in [3.63, 3.8) is 0 Å². The number of nitro benzene ring substituents is 1. The highest BCUT2D eigenvalue weighted by Crippen LogP contribution is 2.23. The van der Waals surface area contributed by atoms with Crippen LogP contribution in [0.5, 0.6) is 0 Å². The predicted molar refractivity (Wildman–Crippen MR) is 65.2 cm³/mol. The van der Waals surface area contributed by atoms with Gasteiger partial charge in [-0.3, -0.25) is 10.1 Å². The van der Waals surface area contributed by atoms with Crippen LogP contribution < -0.4 is 0 Å². The van der Waals surface area contributed by atoms with E-state index in [-0.39, 0.29) is 6.61 Å². The van der Waals surface area contributed by atoms with Gasteiger partial charge in [0.05, 0.1) is 17.1 Å². The van der Waals surface area contributed by atoms with E-state index in [0.29, 0.717) is 6.42 Å². The molecule has 0 unspecified atom stereocenters. The van der Waals surface area contributed by atoms with Crippen molar-refractivity contribution in [2.24, 2.45) is 0 Å². The molecule has 0 atom stereocenters. The average Bonchev–Trinajstić information content (AvgIpc) is 2.37. The molecule has 7 heteroatoms. The largest absolute Gasteiger partial charge is 0.478 e. The fourth-order valence-electron chi connectivity index (χ4n) is 1.47. The van der Waals surface area contributed by atoms with Gasteiger partial charge >= 0.3 is 11.9 Å². The van der Waals surface area contributed by atoms with Crippen LogP contribution >= 0.6 is 0 Å². The molecule has 1 aromatic carbocycles. The fraction of sp³-hybridized carbons (Fsp3) is 0.333. The SMILES string of the molecule is CCCCOC(=O)c1c(C(=O)O)cccc1[N+](=O)[O-]. The zero-order valence-corrected chi connectivity index (χ0v) is 10.3. The Morgan fingerprint density at radius 2 is 2.11 bits per heavy atom. The van der Waals surface area contributed by atoms with Gasteiger partial charge < -0.3 is 9.84 Å². The number of aromatic carboxylic acids is 1. The van der Waals surface area contributed by atoms with Crippen molar-refractivity contribution < 1.29 is 24.4 Å². The summed E-state index contributed by atoms with van der Waals surface area (Å²) in [5, 5.41) is 19.8. The second-order valence-electron chi connectivity index (χ2n) is 3.75. The van der Waals surface area contributed by atoms with Gasteiger partial charge in [0.2, 0.25) is 0 Å². The topological polar surface area (TPSA) is 107 Å². The molecule has 7 nitrogen and oxygen atoms in total. The summed E-state index contributed by atoms with van der Waals surface area (Å²) in [5.74, 6) is -2.40. The third kappa shape index (κ3) is 3.51. The first kappa shape index (κ1) is 14.6. The molecule has 0 saturated heterocycles. The Morgan fingerprint density at radius 3 is 2.63 bits per heavy atom. The molecule has 102 valence electrons. The number of carbonyl (C=O) groups is 2. The Balaban J connectivity index is 3.17. The van der Waals surface area contributed by atoms with E-state index in [1.807, 2.05) is 6.92 Å². The van der Waals surface area contributed by atoms with E-state index in [2.05, 4.69) is 0 Å². The van der Waals surface area contributed by atoms with Crippen LogP contribution in [0.25, 0.3) is 0 Å². The number of hydrogen-bond acceptors (Lipinski definition) is 5. The second-order valence-corrected chi connectivity index (χ2v) is 3.75. The zero-order chi connectivity index (χ0) is 14.4. The molecule has 0 saturated carbocycles. The maximum absolute atomic E-state index is 11.8. The number of nitrogens with zero attached hydrogens (tertiary/aromatic N) is 1. The number of unbranched alkanes of at least 4 members (excludes halogenated alkanes) is 1. The lowest BCUT2D eigenvalue weighted by Crippen LogP contribution is -2.14. The third-order valence-corrected chi connectivity index (χ3v) is 2.40. The van der Waals surface area contributed by atoms with Crippen molar-refractivity contribution >= 4 is 17.6 Å². The van der Waals surface area contributed by atoms with Crippen molar-refractivity contribution in [1.82, 2.24) is 0 Å². The number of rotatable bonds is 6. The van der Waals surface area contributed by atoms with Crippen LogP contribution in [0, 0.1) is 10.1 Å². The fourth-order valence-corrected chi connectivity index (χ4v) is 1.47. The highest BCUT2D eigenvalue weighted by molar-refractivity contribution is 6.05. The molecular weight excluding hydrogens is 254 g/mol. The van der Waals surface area contributed by atoms with Crippen LogP contribution in [0.4, 0.5) is 5.69 Å². The quantitative estimate of drug-likeness (QED) is 0.366. The molecule has 0 bridgehead atoms. The van der Waals surface area contributed by atoms with E-state index in [1.54, 1.807) is 0 Å². The number of benzene rings is 1. The van der Waals surface area contributed by atoms with E-state index in [1.165, 1.54) is 6.07 Å². The number of esters is 1. The third-order valence-electron chi connectivity index (χ3n) is 2.40. The van der Waals surface area contributed by atoms with Crippen LogP contribution in [0.3, 0.4) is 0 Å². The minimum Gasteiger partial charge on any atom is -0.478 e. The Labute approximate surface area is 109 Å². The molecule has 19 heavy (non-hydrogen) atoms. The van der Waals surface area contributed by atoms with Crippen LogP contribution in [-0.4, -0.2) is 28.6 Å². The van der Waals surface area contributed by atoms with Crippen LogP contribution in [0.1, 0.15) is 40.5 Å². The van der Waals surface area contributed by atoms with Crippen molar-refractivity contribution in [1.29, 1.82) is 0 Å². The summed E-state index contributed by atoms with van der Waals surface area (Å²) in [6, 6.07) is 3.42. The number of carbonyl (C=O) groups excluding carboxylic acids is 1. The monoisotopic (exact) mass is 267 g/mol. The van der Waals surface area contributed by atoms with Gasteiger partial charge in [0.1, 0.15) is 0 Å². The Kier molecular flexibility index (Phi) is 4.99. The second kappa shape index (κ2) is 6.48. The molecule has 0 aliphatic carbocycles. The molecule has 0 spiro atoms. The molecule has 0 heterocycles. The summed E-state index contributed by atoms with van der Waals surface area (Å²) in [6.07, 6.45) is 1.39. The molecule has 0 fully saturated rings. The predicted octanol–water partition coefficient (Wildman–Crippen LogP) is 2.25. The number of nitro groups is 1. The maximum atomic E-state index is 11.8. The Morgan fingerprint density at radius 1 is 1.42 bits per heavy atom. The van der Waals surface area contributed by atoms with Crippen LogP contribution in [-0.2, 0) is 4.74 Å². The summed E-state index contributed by atoms with van der Waals surface area (Å²) < 4.78 is 4.84. The van der Waals surface area contributed by atoms with Crippen molar-refractivity contribution in [2.75, 3.05) is 6.61 Å². The molecule has 1 rings (SSSR count). The highest BCUT2D eigenvalue weighted by atomic mass is 16.6. The van der Waals surface area contributed by atoms with Gasteiger partial charge in [-0.25, -0.2) is 9.59 Å². The van der Waals surface area contributed by atoms with Gasteiger partial charge in [0.25, 0.3) is 5.69 Å². The van der Waals surface area contributed by atoms with Crippen molar-refractivity contribution in [2.45, 2.75) is 19.8 Å². The lowest BCUT2D eigenvalue weighted by Gasteiger charge is -2.07. The van der Waals surface area contributed by atoms with Gasteiger partial charge in [-0.2, -0.15) is 0 Å². The Bertz CT molecular complexity index is 479. The van der Waals surface area contributed by atoms with Gasteiger partial charge in [-0.15, -0.1) is 0 Å². The molecule has 0 amide bonds. The Hall–Kier alpha value is -2.44. The van der Waals surface area contributed by atoms with Crippen LogP contribution in [0.2, 0.25) is 0 Å². The summed E-state index contributed by atoms with van der Waals surface area (Å²) in [5.41, 5.74) is -1.52. The first-order valence-corrected chi connectivity index (χ1v) is 5.66. The summed E-state index contributed by atoms with van der Waals surface area (Å²) >= 11 is 0. The van der Waals surface area contributed by atoms with Crippen molar-refractivity contribution in [3.8, 4) is 0 Å².